The van der Waals surface area contributed by atoms with E-state index in [-0.39, 0.29) is 18.1 Å². The van der Waals surface area contributed by atoms with E-state index >= 15 is 0 Å². The molecule has 2 aromatic carbocycles. The van der Waals surface area contributed by atoms with Crippen LogP contribution in [0.1, 0.15) is 38.8 Å². The molecule has 7 heteroatoms. The van der Waals surface area contributed by atoms with Gasteiger partial charge in [-0.05, 0) is 45.4 Å². The molecule has 0 fully saturated rings. The van der Waals surface area contributed by atoms with Gasteiger partial charge in [0.05, 0.1) is 13.7 Å². The third kappa shape index (κ3) is 7.43. The monoisotopic (exact) mass is 434 g/mol. The number of nitrogens with one attached hydrogen (secondary N) is 2. The molecule has 2 rings (SSSR count). The van der Waals surface area contributed by atoms with Crippen LogP contribution in [0.3, 0.4) is 0 Å². The fourth-order valence-electron chi connectivity index (χ4n) is 2.87. The van der Waals surface area contributed by atoms with Gasteiger partial charge in [-0.3, -0.25) is 4.79 Å². The second kappa shape index (κ2) is 11.1. The molecule has 2 aromatic rings. The van der Waals surface area contributed by atoms with Crippen LogP contribution in [0, 0.1) is 0 Å². The van der Waals surface area contributed by atoms with Gasteiger partial charge in [-0.1, -0.05) is 29.8 Å². The summed E-state index contributed by atoms with van der Waals surface area (Å²) in [7, 11) is 1.66. The number of rotatable bonds is 10. The topological polar surface area (TPSA) is 68.8 Å². The van der Waals surface area contributed by atoms with Gasteiger partial charge in [0.2, 0.25) is 0 Å². The van der Waals surface area contributed by atoms with E-state index in [2.05, 4.69) is 10.6 Å². The lowest BCUT2D eigenvalue weighted by molar-refractivity contribution is -0.124. The SMILES string of the molecule is CCOc1cc(CNCc2ccccc2OC)c(Cl)cc1OCC(=O)NC(C)(C)C. The number of carbonyl (C=O) groups excluding carboxylic acids is 1. The summed E-state index contributed by atoms with van der Waals surface area (Å²) >= 11 is 6.46. The highest BCUT2D eigenvalue weighted by Gasteiger charge is 2.16. The Morgan fingerprint density at radius 1 is 1.00 bits per heavy atom. The Kier molecular flexibility index (Phi) is 8.81. The molecular weight excluding hydrogens is 404 g/mol. The molecule has 164 valence electrons. The number of ether oxygens (including phenoxy) is 3. The lowest BCUT2D eigenvalue weighted by Gasteiger charge is -2.21. The highest BCUT2D eigenvalue weighted by Crippen LogP contribution is 2.34. The van der Waals surface area contributed by atoms with E-state index in [1.54, 1.807) is 13.2 Å². The number of hydrogen-bond donors (Lipinski definition) is 2. The van der Waals surface area contributed by atoms with Gasteiger partial charge in [-0.15, -0.1) is 0 Å². The molecule has 0 saturated heterocycles. The predicted octanol–water partition coefficient (Wildman–Crippen LogP) is 4.33. The maximum Gasteiger partial charge on any atom is 0.258 e. The number of benzene rings is 2. The highest BCUT2D eigenvalue weighted by molar-refractivity contribution is 6.31. The van der Waals surface area contributed by atoms with E-state index in [4.69, 9.17) is 25.8 Å². The van der Waals surface area contributed by atoms with Crippen LogP contribution in [0.25, 0.3) is 0 Å². The molecule has 0 saturated carbocycles. The zero-order valence-electron chi connectivity index (χ0n) is 18.3. The van der Waals surface area contributed by atoms with Crippen molar-refractivity contribution in [2.45, 2.75) is 46.3 Å². The molecule has 0 spiro atoms. The van der Waals surface area contributed by atoms with E-state index in [1.807, 2.05) is 58.0 Å². The van der Waals surface area contributed by atoms with Crippen LogP contribution >= 0.6 is 11.6 Å². The second-order valence-corrected chi connectivity index (χ2v) is 8.23. The first-order chi connectivity index (χ1) is 14.2. The van der Waals surface area contributed by atoms with Gasteiger partial charge < -0.3 is 24.8 Å². The van der Waals surface area contributed by atoms with Crippen LogP contribution in [-0.2, 0) is 17.9 Å². The first kappa shape index (κ1) is 23.8. The van der Waals surface area contributed by atoms with Crippen molar-refractivity contribution < 1.29 is 19.0 Å². The molecule has 0 atom stereocenters. The molecule has 0 unspecified atom stereocenters. The Morgan fingerprint density at radius 2 is 1.67 bits per heavy atom. The van der Waals surface area contributed by atoms with Gasteiger partial charge in [0.25, 0.3) is 5.91 Å². The number of carbonyl (C=O) groups is 1. The third-order valence-electron chi connectivity index (χ3n) is 4.11. The minimum atomic E-state index is -0.322. The summed E-state index contributed by atoms with van der Waals surface area (Å²) in [6.07, 6.45) is 0. The molecule has 0 heterocycles. The second-order valence-electron chi connectivity index (χ2n) is 7.83. The smallest absolute Gasteiger partial charge is 0.258 e. The minimum Gasteiger partial charge on any atom is -0.496 e. The quantitative estimate of drug-likeness (QED) is 0.582. The number of para-hydroxylation sites is 1. The van der Waals surface area contributed by atoms with Gasteiger partial charge in [-0.25, -0.2) is 0 Å². The number of halogens is 1. The first-order valence-electron chi connectivity index (χ1n) is 9.95. The van der Waals surface area contributed by atoms with Crippen LogP contribution in [0.15, 0.2) is 36.4 Å². The average molecular weight is 435 g/mol. The Hall–Kier alpha value is -2.44. The van der Waals surface area contributed by atoms with Crippen molar-refractivity contribution in [2.24, 2.45) is 0 Å². The zero-order chi connectivity index (χ0) is 22.1. The molecule has 0 aromatic heterocycles. The summed E-state index contributed by atoms with van der Waals surface area (Å²) in [5.74, 6) is 1.63. The summed E-state index contributed by atoms with van der Waals surface area (Å²) in [6.45, 7) is 9.18. The third-order valence-corrected chi connectivity index (χ3v) is 4.46. The number of hydrogen-bond acceptors (Lipinski definition) is 5. The van der Waals surface area contributed by atoms with Crippen molar-refractivity contribution in [3.05, 3.63) is 52.5 Å². The van der Waals surface area contributed by atoms with Crippen molar-refractivity contribution in [2.75, 3.05) is 20.3 Å². The first-order valence-corrected chi connectivity index (χ1v) is 10.3. The standard InChI is InChI=1S/C23H31ClN2O4/c1-6-29-20-11-17(14-25-13-16-9-7-8-10-19(16)28-5)18(24)12-21(20)30-15-22(27)26-23(2,3)4/h7-12,25H,6,13-15H2,1-5H3,(H,26,27). The molecule has 0 aliphatic heterocycles. The normalized spacial score (nSPS) is 11.1. The van der Waals surface area contributed by atoms with Crippen molar-refractivity contribution in [1.29, 1.82) is 0 Å². The fraction of sp³-hybridized carbons (Fsp3) is 0.435. The maximum atomic E-state index is 12.1. The molecule has 30 heavy (non-hydrogen) atoms. The van der Waals surface area contributed by atoms with Gasteiger partial charge in [-0.2, -0.15) is 0 Å². The van der Waals surface area contributed by atoms with Crippen molar-refractivity contribution >= 4 is 17.5 Å². The van der Waals surface area contributed by atoms with E-state index < -0.39 is 0 Å². The van der Waals surface area contributed by atoms with Crippen LogP contribution in [0.5, 0.6) is 17.2 Å². The van der Waals surface area contributed by atoms with Crippen molar-refractivity contribution in [3.8, 4) is 17.2 Å². The lowest BCUT2D eigenvalue weighted by Crippen LogP contribution is -2.43. The van der Waals surface area contributed by atoms with Crippen molar-refractivity contribution in [1.82, 2.24) is 10.6 Å². The molecule has 2 N–H and O–H groups in total. The van der Waals surface area contributed by atoms with E-state index in [0.29, 0.717) is 36.2 Å². The highest BCUT2D eigenvalue weighted by atomic mass is 35.5. The summed E-state index contributed by atoms with van der Waals surface area (Å²) in [4.78, 5) is 12.1. The molecule has 0 bridgehead atoms. The molecule has 1 amide bonds. The predicted molar refractivity (Wildman–Crippen MR) is 120 cm³/mol. The minimum absolute atomic E-state index is 0.112. The van der Waals surface area contributed by atoms with Crippen molar-refractivity contribution in [3.63, 3.8) is 0 Å². The number of amides is 1. The van der Waals surface area contributed by atoms with Gasteiger partial charge in [0.1, 0.15) is 5.75 Å². The summed E-state index contributed by atoms with van der Waals surface area (Å²) in [5, 5.41) is 6.77. The van der Waals surface area contributed by atoms with Crippen LogP contribution < -0.4 is 24.8 Å². The van der Waals surface area contributed by atoms with Gasteiger partial charge >= 0.3 is 0 Å². The van der Waals surface area contributed by atoms with Crippen LogP contribution in [-0.4, -0.2) is 31.8 Å². The molecule has 0 aliphatic rings. The van der Waals surface area contributed by atoms with E-state index in [1.165, 1.54) is 0 Å². The van der Waals surface area contributed by atoms with E-state index in [9.17, 15) is 4.79 Å². The number of methoxy groups -OCH3 is 1. The van der Waals surface area contributed by atoms with Crippen LogP contribution in [0.2, 0.25) is 5.02 Å². The molecule has 0 aliphatic carbocycles. The lowest BCUT2D eigenvalue weighted by atomic mass is 10.1. The van der Waals surface area contributed by atoms with Gasteiger partial charge in [0, 0.05) is 35.3 Å². The molecular formula is C23H31ClN2O4. The Morgan fingerprint density at radius 3 is 2.33 bits per heavy atom. The molecule has 0 radical (unpaired) electrons. The Balaban J connectivity index is 2.05. The average Bonchev–Trinajstić information content (AvgIpc) is 2.68. The summed E-state index contributed by atoms with van der Waals surface area (Å²) < 4.78 is 16.8. The Bertz CT molecular complexity index is 850. The Labute approximate surface area is 183 Å². The van der Waals surface area contributed by atoms with Crippen LogP contribution in [0.4, 0.5) is 0 Å². The van der Waals surface area contributed by atoms with E-state index in [0.717, 1.165) is 16.9 Å². The summed E-state index contributed by atoms with van der Waals surface area (Å²) in [5.41, 5.74) is 1.62. The fourth-order valence-corrected chi connectivity index (χ4v) is 3.09. The largest absolute Gasteiger partial charge is 0.496 e. The molecule has 6 nitrogen and oxygen atoms in total. The summed E-state index contributed by atoms with van der Waals surface area (Å²) in [6, 6.07) is 11.4. The van der Waals surface area contributed by atoms with Gasteiger partial charge in [0.15, 0.2) is 18.1 Å². The zero-order valence-corrected chi connectivity index (χ0v) is 19.1. The maximum absolute atomic E-state index is 12.1.